The fraction of sp³-hybridized carbons (Fsp3) is 0.393. The molecule has 16 heteroatoms. The maximum absolute atomic E-state index is 13.7. The molecule has 2 saturated heterocycles. The van der Waals surface area contributed by atoms with E-state index >= 15 is 0 Å². The lowest BCUT2D eigenvalue weighted by molar-refractivity contribution is -0.185. The molecule has 5 unspecified atom stereocenters. The minimum atomic E-state index is -1.61. The summed E-state index contributed by atoms with van der Waals surface area (Å²) in [6.07, 6.45) is -4.79. The maximum Gasteiger partial charge on any atom is 0.196 e. The van der Waals surface area contributed by atoms with E-state index in [0.29, 0.717) is 17.3 Å². The number of nitrogens with one attached hydrogen (secondary N) is 1. The van der Waals surface area contributed by atoms with E-state index in [1.807, 2.05) is 0 Å². The third kappa shape index (κ3) is 7.48. The lowest BCUT2D eigenvalue weighted by Crippen LogP contribution is -2.65. The van der Waals surface area contributed by atoms with Gasteiger partial charge in [-0.2, -0.15) is 0 Å². The van der Waals surface area contributed by atoms with E-state index in [4.69, 9.17) is 26.8 Å². The summed E-state index contributed by atoms with van der Waals surface area (Å²) >= 11 is 0.661. The molecular weight excluding hydrogens is 604 g/mol. The number of ketones is 1. The maximum atomic E-state index is 13.7. The van der Waals surface area contributed by atoms with Crippen LogP contribution in [0.5, 0.6) is 0 Å². The predicted molar refractivity (Wildman–Crippen MR) is 156 cm³/mol. The highest BCUT2D eigenvalue weighted by molar-refractivity contribution is 8.01. The van der Waals surface area contributed by atoms with Crippen LogP contribution in [-0.4, -0.2) is 103 Å². The minimum absolute atomic E-state index is 0.00713. The number of aliphatic hydroxyl groups excluding tert-OH is 5. The van der Waals surface area contributed by atoms with E-state index in [0.717, 1.165) is 11.1 Å². The number of hydrazine groups is 1. The number of ether oxygens (including phenoxy) is 2. The Labute approximate surface area is 255 Å². The fourth-order valence-corrected chi connectivity index (χ4v) is 6.10. The molecule has 12 N–H and O–H groups in total. The second-order valence-electron chi connectivity index (χ2n) is 10.2. The Morgan fingerprint density at radius 1 is 0.909 bits per heavy atom. The summed E-state index contributed by atoms with van der Waals surface area (Å²) in [6, 6.07) is 8.07. The van der Waals surface area contributed by atoms with E-state index < -0.39 is 84.1 Å². The highest BCUT2D eigenvalue weighted by Gasteiger charge is 2.51. The van der Waals surface area contributed by atoms with Gasteiger partial charge in [0.05, 0.1) is 24.6 Å². The molecule has 2 aliphatic rings. The summed E-state index contributed by atoms with van der Waals surface area (Å²) < 4.78 is 38.6. The number of benzene rings is 2. The van der Waals surface area contributed by atoms with Gasteiger partial charge in [0.25, 0.3) is 0 Å². The number of nitrogens with two attached hydrogens (primary N) is 3. The van der Waals surface area contributed by atoms with Crippen molar-refractivity contribution in [3.8, 4) is 0 Å². The summed E-state index contributed by atoms with van der Waals surface area (Å²) in [5, 5.41) is 56.1. The van der Waals surface area contributed by atoms with Crippen molar-refractivity contribution in [1.82, 2.24) is 10.3 Å². The average molecular weight is 640 g/mol. The van der Waals surface area contributed by atoms with Gasteiger partial charge in [-0.3, -0.25) is 4.79 Å². The van der Waals surface area contributed by atoms with Crippen molar-refractivity contribution in [1.29, 1.82) is 0 Å². The van der Waals surface area contributed by atoms with Gasteiger partial charge in [-0.15, -0.1) is 0 Å². The first-order valence-electron chi connectivity index (χ1n) is 13.4. The topological polar surface area (TPSA) is 230 Å². The summed E-state index contributed by atoms with van der Waals surface area (Å²) in [5.74, 6) is 4.36. The molecule has 0 radical (unpaired) electrons. The third-order valence-electron chi connectivity index (χ3n) is 7.21. The molecule has 44 heavy (non-hydrogen) atoms. The van der Waals surface area contributed by atoms with Crippen LogP contribution < -0.4 is 22.6 Å². The van der Waals surface area contributed by atoms with Crippen LogP contribution >= 0.6 is 11.8 Å². The molecule has 0 aliphatic carbocycles. The summed E-state index contributed by atoms with van der Waals surface area (Å²) in [6.45, 7) is -1.37. The Morgan fingerprint density at radius 3 is 2.05 bits per heavy atom. The van der Waals surface area contributed by atoms with Crippen LogP contribution in [0.4, 0.5) is 8.78 Å². The molecular formula is C28H35F2N5O8S. The van der Waals surface area contributed by atoms with Crippen molar-refractivity contribution in [3.05, 3.63) is 83.7 Å². The number of aliphatic hydroxyl groups is 5. The van der Waals surface area contributed by atoms with Crippen LogP contribution in [0.2, 0.25) is 0 Å². The molecule has 0 amide bonds. The van der Waals surface area contributed by atoms with Gasteiger partial charge in [-0.05, 0) is 24.3 Å². The quantitative estimate of drug-likeness (QED) is 0.106. The molecule has 2 heterocycles. The fourth-order valence-electron chi connectivity index (χ4n) is 4.84. The first-order chi connectivity index (χ1) is 20.9. The largest absolute Gasteiger partial charge is 0.397 e. The highest BCUT2D eigenvalue weighted by Crippen LogP contribution is 2.36. The normalized spacial score (nSPS) is 31.5. The average Bonchev–Trinajstić information content (AvgIpc) is 2.99. The van der Waals surface area contributed by atoms with E-state index in [-0.39, 0.29) is 17.0 Å². The molecule has 0 saturated carbocycles. The predicted octanol–water partition coefficient (Wildman–Crippen LogP) is -1.50. The molecule has 2 fully saturated rings. The van der Waals surface area contributed by atoms with Gasteiger partial charge in [0, 0.05) is 23.5 Å². The number of hydrogen-bond donors (Lipinski definition) is 9. The van der Waals surface area contributed by atoms with Crippen LogP contribution in [0.15, 0.2) is 60.9 Å². The Morgan fingerprint density at radius 2 is 1.48 bits per heavy atom. The third-order valence-corrected chi connectivity index (χ3v) is 8.46. The van der Waals surface area contributed by atoms with Crippen molar-refractivity contribution in [2.45, 2.75) is 53.5 Å². The van der Waals surface area contributed by atoms with Gasteiger partial charge in [0.2, 0.25) is 0 Å². The molecule has 2 aromatic carbocycles. The lowest BCUT2D eigenvalue weighted by Gasteiger charge is -2.46. The summed E-state index contributed by atoms with van der Waals surface area (Å²) in [4.78, 5) is 13.4. The zero-order valence-corrected chi connectivity index (χ0v) is 24.0. The van der Waals surface area contributed by atoms with Gasteiger partial charge in [0.1, 0.15) is 59.7 Å². The van der Waals surface area contributed by atoms with Crippen molar-refractivity contribution in [3.63, 3.8) is 0 Å². The van der Waals surface area contributed by atoms with Gasteiger partial charge in [-0.25, -0.2) is 14.6 Å². The number of nitrogens with zero attached hydrogens (tertiary/aromatic N) is 1. The Hall–Kier alpha value is -3.32. The van der Waals surface area contributed by atoms with Gasteiger partial charge < -0.3 is 56.8 Å². The van der Waals surface area contributed by atoms with Crippen LogP contribution in [0, 0.1) is 11.6 Å². The number of hydrogen-bond acceptors (Lipinski definition) is 14. The first-order valence-corrected chi connectivity index (χ1v) is 14.4. The van der Waals surface area contributed by atoms with Crippen LogP contribution in [0.1, 0.15) is 11.1 Å². The van der Waals surface area contributed by atoms with Crippen LogP contribution in [0.3, 0.4) is 0 Å². The zero-order valence-electron chi connectivity index (χ0n) is 23.2. The van der Waals surface area contributed by atoms with Gasteiger partial charge in [-0.1, -0.05) is 36.0 Å². The molecule has 2 aliphatic heterocycles. The molecule has 0 spiro atoms. The molecule has 240 valence electrons. The Kier molecular flexibility index (Phi) is 11.2. The standard InChI is InChI=1S/C28H35F2N5O8S/c29-15-5-1-3-13(7-15)17(31)9-34-21-23(38)19(11-36)42-27(25(21)40)44-28-26(41)22(24(39)20(12-37)43-28)35(33)10-18(32)14-4-2-6-16(30)8-14/h1-10,19-24,26-28,34,36-39,41H,11-12,31-33H2/b17-9-,18-10-/t19-,20?,21?,22?,23?,24+,26?,27+,28+/m1/s1. The number of carbonyl (C=O) groups is 1. The van der Waals surface area contributed by atoms with Crippen LogP contribution in [-0.2, 0) is 14.3 Å². The molecule has 13 nitrogen and oxygen atoms in total. The zero-order chi connectivity index (χ0) is 32.1. The summed E-state index contributed by atoms with van der Waals surface area (Å²) in [5.41, 5.74) is 9.97. The van der Waals surface area contributed by atoms with Crippen LogP contribution in [0.25, 0.3) is 11.4 Å². The minimum Gasteiger partial charge on any atom is -0.397 e. The second kappa shape index (κ2) is 14.6. The van der Waals surface area contributed by atoms with Gasteiger partial charge in [0.15, 0.2) is 11.2 Å². The Balaban J connectivity index is 1.54. The van der Waals surface area contributed by atoms with Crippen molar-refractivity contribution in [2.75, 3.05) is 13.2 Å². The molecule has 4 rings (SSSR count). The summed E-state index contributed by atoms with van der Waals surface area (Å²) in [7, 11) is 0. The van der Waals surface area contributed by atoms with E-state index in [1.165, 1.54) is 48.8 Å². The smallest absolute Gasteiger partial charge is 0.196 e. The molecule has 0 aromatic heterocycles. The molecule has 9 atom stereocenters. The lowest BCUT2D eigenvalue weighted by atomic mass is 9.96. The second-order valence-corrected chi connectivity index (χ2v) is 11.4. The Bertz CT molecular complexity index is 1370. The number of rotatable bonds is 10. The SMILES string of the molecule is N/C(=C\NC1C(=O)[C@H](S[C@@H]2OC(CO)[C@H](O)C(N(N)/C=C(\N)c3cccc(F)c3)C2O)O[C@H](CO)C1O)c1cccc(F)c1. The number of halogens is 2. The van der Waals surface area contributed by atoms with E-state index in [1.54, 1.807) is 6.07 Å². The van der Waals surface area contributed by atoms with Crippen molar-refractivity contribution < 1.29 is 48.6 Å². The number of thioether (sulfide) groups is 1. The van der Waals surface area contributed by atoms with E-state index in [9.17, 15) is 39.1 Å². The number of Topliss-reactive ketones (excluding diaryl/α,β-unsaturated/α-hetero) is 1. The molecule has 2 aromatic rings. The van der Waals surface area contributed by atoms with Crippen molar-refractivity contribution >= 4 is 28.9 Å². The highest BCUT2D eigenvalue weighted by atomic mass is 32.2. The van der Waals surface area contributed by atoms with Gasteiger partial charge >= 0.3 is 0 Å². The monoisotopic (exact) mass is 639 g/mol. The number of carbonyl (C=O) groups excluding carboxylic acids is 1. The van der Waals surface area contributed by atoms with E-state index in [2.05, 4.69) is 5.32 Å². The first kappa shape index (κ1) is 33.6. The van der Waals surface area contributed by atoms with Crippen molar-refractivity contribution in [2.24, 2.45) is 17.3 Å². The molecule has 0 bridgehead atoms.